The van der Waals surface area contributed by atoms with Gasteiger partial charge in [0.1, 0.15) is 12.4 Å². The van der Waals surface area contributed by atoms with Crippen LogP contribution in [-0.4, -0.2) is 17.6 Å². The number of hydrogen-bond acceptors (Lipinski definition) is 3. The average Bonchev–Trinajstić information content (AvgIpc) is 3.18. The van der Waals surface area contributed by atoms with Crippen LogP contribution in [0.25, 0.3) is 0 Å². The molecule has 1 aromatic rings. The van der Waals surface area contributed by atoms with Crippen molar-refractivity contribution in [2.24, 2.45) is 0 Å². The van der Waals surface area contributed by atoms with Crippen molar-refractivity contribution in [2.75, 3.05) is 6.61 Å². The molecule has 0 atom stereocenters. The lowest BCUT2D eigenvalue weighted by molar-refractivity contribution is 0.341. The van der Waals surface area contributed by atoms with Crippen LogP contribution in [0.15, 0.2) is 24.3 Å². The normalized spacial score (nSPS) is 14.6. The molecule has 2 rings (SSSR count). The van der Waals surface area contributed by atoms with Crippen LogP contribution in [0.3, 0.4) is 0 Å². The second-order valence-corrected chi connectivity index (χ2v) is 4.94. The number of nitrogens with one attached hydrogen (secondary N) is 1. The third kappa shape index (κ3) is 3.84. The summed E-state index contributed by atoms with van der Waals surface area (Å²) < 4.78 is 5.80. The summed E-state index contributed by atoms with van der Waals surface area (Å²) in [5.41, 5.74) is 3.15. The highest BCUT2D eigenvalue weighted by Crippen LogP contribution is 2.22. The van der Waals surface area contributed by atoms with Crippen LogP contribution < -0.4 is 10.1 Å². The molecule has 18 heavy (non-hydrogen) atoms. The second-order valence-electron chi connectivity index (χ2n) is 4.94. The van der Waals surface area contributed by atoms with E-state index < -0.39 is 0 Å². The molecule has 0 aliphatic heterocycles. The SMILES string of the molecule is C=C(CC)COc1ccc(C)nc1CNC1CC1. The average molecular weight is 246 g/mol. The number of aromatic nitrogens is 1. The first-order valence-corrected chi connectivity index (χ1v) is 6.68. The largest absolute Gasteiger partial charge is 0.487 e. The summed E-state index contributed by atoms with van der Waals surface area (Å²) in [6.07, 6.45) is 3.53. The monoisotopic (exact) mass is 246 g/mol. The summed E-state index contributed by atoms with van der Waals surface area (Å²) in [6, 6.07) is 4.69. The molecule has 1 heterocycles. The fourth-order valence-corrected chi connectivity index (χ4v) is 1.67. The van der Waals surface area contributed by atoms with Crippen molar-refractivity contribution in [3.8, 4) is 5.75 Å². The van der Waals surface area contributed by atoms with Gasteiger partial charge in [-0.3, -0.25) is 4.98 Å². The molecular weight excluding hydrogens is 224 g/mol. The van der Waals surface area contributed by atoms with Gasteiger partial charge in [0.05, 0.1) is 5.69 Å². The Morgan fingerprint density at radius 1 is 1.50 bits per heavy atom. The van der Waals surface area contributed by atoms with Gasteiger partial charge in [-0.2, -0.15) is 0 Å². The van der Waals surface area contributed by atoms with Gasteiger partial charge >= 0.3 is 0 Å². The first-order valence-electron chi connectivity index (χ1n) is 6.68. The Hall–Kier alpha value is -1.35. The van der Waals surface area contributed by atoms with Crippen molar-refractivity contribution in [2.45, 2.75) is 45.7 Å². The van der Waals surface area contributed by atoms with Gasteiger partial charge in [0.2, 0.25) is 0 Å². The van der Waals surface area contributed by atoms with Crippen LogP contribution in [0.2, 0.25) is 0 Å². The smallest absolute Gasteiger partial charge is 0.142 e. The van der Waals surface area contributed by atoms with Crippen LogP contribution in [0, 0.1) is 6.92 Å². The van der Waals surface area contributed by atoms with E-state index in [-0.39, 0.29) is 0 Å². The Morgan fingerprint density at radius 3 is 2.94 bits per heavy atom. The molecule has 1 fully saturated rings. The Bertz CT molecular complexity index is 425. The molecule has 0 bridgehead atoms. The highest BCUT2D eigenvalue weighted by atomic mass is 16.5. The predicted molar refractivity (Wildman–Crippen MR) is 73.8 cm³/mol. The highest BCUT2D eigenvalue weighted by molar-refractivity contribution is 5.29. The van der Waals surface area contributed by atoms with Gasteiger partial charge in [-0.15, -0.1) is 0 Å². The third-order valence-electron chi connectivity index (χ3n) is 3.14. The van der Waals surface area contributed by atoms with Crippen molar-refractivity contribution in [3.63, 3.8) is 0 Å². The number of ether oxygens (including phenoxy) is 1. The van der Waals surface area contributed by atoms with Crippen LogP contribution in [-0.2, 0) is 6.54 Å². The van der Waals surface area contributed by atoms with Gasteiger partial charge < -0.3 is 10.1 Å². The lowest BCUT2D eigenvalue weighted by Gasteiger charge is -2.12. The van der Waals surface area contributed by atoms with Crippen molar-refractivity contribution in [3.05, 3.63) is 35.7 Å². The Kier molecular flexibility index (Phi) is 4.37. The maximum absolute atomic E-state index is 5.80. The van der Waals surface area contributed by atoms with E-state index in [2.05, 4.69) is 23.8 Å². The number of aryl methyl sites for hydroxylation is 1. The quantitative estimate of drug-likeness (QED) is 0.751. The first kappa shape index (κ1) is 13.1. The fraction of sp³-hybridized carbons (Fsp3) is 0.533. The van der Waals surface area contributed by atoms with Gasteiger partial charge in [0.15, 0.2) is 0 Å². The van der Waals surface area contributed by atoms with Crippen LogP contribution >= 0.6 is 0 Å². The molecular formula is C15H22N2O. The molecule has 0 saturated heterocycles. The molecule has 0 aromatic carbocycles. The van der Waals surface area contributed by atoms with Crippen molar-refractivity contribution in [1.82, 2.24) is 10.3 Å². The Morgan fingerprint density at radius 2 is 2.28 bits per heavy atom. The zero-order chi connectivity index (χ0) is 13.0. The summed E-state index contributed by atoms with van der Waals surface area (Å²) in [4.78, 5) is 4.56. The molecule has 3 nitrogen and oxygen atoms in total. The van der Waals surface area contributed by atoms with Gasteiger partial charge in [-0.1, -0.05) is 13.5 Å². The van der Waals surface area contributed by atoms with Crippen LogP contribution in [0.4, 0.5) is 0 Å². The minimum absolute atomic E-state index is 0.581. The van der Waals surface area contributed by atoms with E-state index in [0.717, 1.165) is 35.7 Å². The number of pyridine rings is 1. The predicted octanol–water partition coefficient (Wildman–Crippen LogP) is 2.99. The fourth-order valence-electron chi connectivity index (χ4n) is 1.67. The highest BCUT2D eigenvalue weighted by Gasteiger charge is 2.21. The third-order valence-corrected chi connectivity index (χ3v) is 3.14. The summed E-state index contributed by atoms with van der Waals surface area (Å²) in [5.74, 6) is 0.878. The number of hydrogen-bond donors (Lipinski definition) is 1. The second kappa shape index (κ2) is 6.01. The van der Waals surface area contributed by atoms with Crippen LogP contribution in [0.5, 0.6) is 5.75 Å². The molecule has 0 spiro atoms. The lowest BCUT2D eigenvalue weighted by Crippen LogP contribution is -2.17. The summed E-state index contributed by atoms with van der Waals surface area (Å²) >= 11 is 0. The van der Waals surface area contributed by atoms with E-state index in [0.29, 0.717) is 12.6 Å². The van der Waals surface area contributed by atoms with Crippen molar-refractivity contribution >= 4 is 0 Å². The summed E-state index contributed by atoms with van der Waals surface area (Å²) in [5, 5.41) is 3.48. The summed E-state index contributed by atoms with van der Waals surface area (Å²) in [7, 11) is 0. The van der Waals surface area contributed by atoms with E-state index in [1.54, 1.807) is 0 Å². The van der Waals surface area contributed by atoms with Crippen molar-refractivity contribution in [1.29, 1.82) is 0 Å². The van der Waals surface area contributed by atoms with E-state index >= 15 is 0 Å². The molecule has 1 N–H and O–H groups in total. The molecule has 0 unspecified atom stereocenters. The lowest BCUT2D eigenvalue weighted by atomic mass is 10.2. The first-order chi connectivity index (χ1) is 8.69. The van der Waals surface area contributed by atoms with Gasteiger partial charge in [-0.25, -0.2) is 0 Å². The maximum atomic E-state index is 5.80. The Labute approximate surface area is 109 Å². The zero-order valence-electron chi connectivity index (χ0n) is 11.3. The van der Waals surface area contributed by atoms with E-state index in [1.165, 1.54) is 12.8 Å². The Balaban J connectivity index is 1.99. The number of nitrogens with zero attached hydrogens (tertiary/aromatic N) is 1. The van der Waals surface area contributed by atoms with Crippen molar-refractivity contribution < 1.29 is 4.74 Å². The molecule has 0 amide bonds. The molecule has 1 aromatic heterocycles. The van der Waals surface area contributed by atoms with Crippen LogP contribution in [0.1, 0.15) is 37.6 Å². The molecule has 1 aliphatic carbocycles. The molecule has 98 valence electrons. The zero-order valence-corrected chi connectivity index (χ0v) is 11.3. The van der Waals surface area contributed by atoms with Gasteiger partial charge in [-0.05, 0) is 43.9 Å². The molecule has 3 heteroatoms. The topological polar surface area (TPSA) is 34.1 Å². The molecule has 0 radical (unpaired) electrons. The molecule has 1 aliphatic rings. The van der Waals surface area contributed by atoms with E-state index in [4.69, 9.17) is 4.74 Å². The maximum Gasteiger partial charge on any atom is 0.142 e. The number of rotatable bonds is 7. The van der Waals surface area contributed by atoms with Gasteiger partial charge in [0.25, 0.3) is 0 Å². The van der Waals surface area contributed by atoms with Gasteiger partial charge in [0, 0.05) is 18.3 Å². The minimum Gasteiger partial charge on any atom is -0.487 e. The standard InChI is InChI=1S/C15H22N2O/c1-4-11(2)10-18-15-8-5-12(3)17-14(15)9-16-13-6-7-13/h5,8,13,16H,2,4,6-7,9-10H2,1,3H3. The van der Waals surface area contributed by atoms with E-state index in [1.807, 2.05) is 19.1 Å². The minimum atomic E-state index is 0.581. The van der Waals surface area contributed by atoms with E-state index in [9.17, 15) is 0 Å². The summed E-state index contributed by atoms with van der Waals surface area (Å²) in [6.45, 7) is 9.43. The molecule has 1 saturated carbocycles.